The maximum Gasteiger partial charge on any atom is 0.142 e. The van der Waals surface area contributed by atoms with Crippen molar-refractivity contribution in [1.82, 2.24) is 10.3 Å². The Labute approximate surface area is 121 Å². The quantitative estimate of drug-likeness (QED) is 0.945. The molecule has 0 atom stereocenters. The van der Waals surface area contributed by atoms with E-state index in [0.29, 0.717) is 11.6 Å². The van der Waals surface area contributed by atoms with Crippen LogP contribution in [0.3, 0.4) is 0 Å². The van der Waals surface area contributed by atoms with Crippen LogP contribution in [0.25, 0.3) is 0 Å². The molecule has 0 spiro atoms. The Kier molecular flexibility index (Phi) is 4.01. The van der Waals surface area contributed by atoms with Crippen molar-refractivity contribution in [3.63, 3.8) is 0 Å². The third kappa shape index (κ3) is 2.91. The zero-order chi connectivity index (χ0) is 13.1. The highest BCUT2D eigenvalue weighted by Crippen LogP contribution is 2.33. The summed E-state index contributed by atoms with van der Waals surface area (Å²) in [4.78, 5) is 4.23. The van der Waals surface area contributed by atoms with Gasteiger partial charge in [-0.3, -0.25) is 0 Å². The third-order valence-corrected chi connectivity index (χ3v) is 4.31. The molecule has 1 aromatic heterocycles. The van der Waals surface area contributed by atoms with Crippen molar-refractivity contribution in [3.8, 4) is 5.75 Å². The van der Waals surface area contributed by atoms with Gasteiger partial charge in [0.1, 0.15) is 17.4 Å². The average molecular weight is 295 g/mol. The SMILES string of the molecule is Clc1ccc2c(c1OCc1nccs1)CCNCC2. The number of benzene rings is 1. The molecule has 0 saturated carbocycles. The summed E-state index contributed by atoms with van der Waals surface area (Å²) in [7, 11) is 0. The van der Waals surface area contributed by atoms with Crippen molar-refractivity contribution in [2.75, 3.05) is 13.1 Å². The number of rotatable bonds is 3. The van der Waals surface area contributed by atoms with Gasteiger partial charge in [0, 0.05) is 17.1 Å². The number of thiazole rings is 1. The van der Waals surface area contributed by atoms with Crippen LogP contribution in [-0.2, 0) is 19.4 Å². The molecule has 1 aliphatic rings. The molecule has 2 heterocycles. The fourth-order valence-corrected chi connectivity index (χ4v) is 3.08. The lowest BCUT2D eigenvalue weighted by molar-refractivity contribution is 0.302. The lowest BCUT2D eigenvalue weighted by Gasteiger charge is -2.14. The van der Waals surface area contributed by atoms with E-state index in [9.17, 15) is 0 Å². The summed E-state index contributed by atoms with van der Waals surface area (Å²) in [5.41, 5.74) is 2.58. The van der Waals surface area contributed by atoms with Crippen molar-refractivity contribution < 1.29 is 4.74 Å². The molecule has 0 fully saturated rings. The van der Waals surface area contributed by atoms with Crippen molar-refractivity contribution in [1.29, 1.82) is 0 Å². The molecule has 2 aromatic rings. The minimum atomic E-state index is 0.487. The van der Waals surface area contributed by atoms with Crippen LogP contribution in [0.4, 0.5) is 0 Å². The molecule has 5 heteroatoms. The third-order valence-electron chi connectivity index (χ3n) is 3.26. The smallest absolute Gasteiger partial charge is 0.142 e. The van der Waals surface area contributed by atoms with Gasteiger partial charge in [-0.2, -0.15) is 0 Å². The molecule has 1 aromatic carbocycles. The van der Waals surface area contributed by atoms with E-state index in [1.807, 2.05) is 11.4 Å². The van der Waals surface area contributed by atoms with E-state index in [0.717, 1.165) is 36.7 Å². The largest absolute Gasteiger partial charge is 0.485 e. The summed E-state index contributed by atoms with van der Waals surface area (Å²) in [6.45, 7) is 2.47. The summed E-state index contributed by atoms with van der Waals surface area (Å²) in [6, 6.07) is 4.05. The summed E-state index contributed by atoms with van der Waals surface area (Å²) >= 11 is 7.89. The fourth-order valence-electron chi connectivity index (χ4n) is 2.32. The second kappa shape index (κ2) is 5.90. The fraction of sp³-hybridized carbons (Fsp3) is 0.357. The monoisotopic (exact) mass is 294 g/mol. The summed E-state index contributed by atoms with van der Waals surface area (Å²) in [6.07, 6.45) is 3.78. The lowest BCUT2D eigenvalue weighted by atomic mass is 10.0. The first-order valence-electron chi connectivity index (χ1n) is 6.37. The first kappa shape index (κ1) is 12.9. The van der Waals surface area contributed by atoms with Gasteiger partial charge in [-0.15, -0.1) is 11.3 Å². The Morgan fingerprint density at radius 2 is 2.21 bits per heavy atom. The maximum atomic E-state index is 6.29. The predicted octanol–water partition coefficient (Wildman–Crippen LogP) is 3.06. The molecule has 0 saturated heterocycles. The highest BCUT2D eigenvalue weighted by atomic mass is 35.5. The van der Waals surface area contributed by atoms with E-state index in [1.165, 1.54) is 11.1 Å². The predicted molar refractivity (Wildman–Crippen MR) is 78.2 cm³/mol. The lowest BCUT2D eigenvalue weighted by Crippen LogP contribution is -2.16. The molecule has 0 amide bonds. The Hall–Kier alpha value is -1.10. The molecule has 19 heavy (non-hydrogen) atoms. The Bertz CT molecular complexity index is 557. The molecular formula is C14H15ClN2OS. The highest BCUT2D eigenvalue weighted by Gasteiger charge is 2.16. The van der Waals surface area contributed by atoms with Crippen LogP contribution in [0.15, 0.2) is 23.7 Å². The number of halogens is 1. The molecule has 1 aliphatic heterocycles. The van der Waals surface area contributed by atoms with Gasteiger partial charge in [-0.25, -0.2) is 4.98 Å². The molecule has 0 unspecified atom stereocenters. The molecular weight excluding hydrogens is 280 g/mol. The Morgan fingerprint density at radius 1 is 1.32 bits per heavy atom. The van der Waals surface area contributed by atoms with Gasteiger partial charge in [0.25, 0.3) is 0 Å². The first-order chi connectivity index (χ1) is 9.34. The van der Waals surface area contributed by atoms with Gasteiger partial charge in [-0.05, 0) is 37.6 Å². The van der Waals surface area contributed by atoms with Crippen molar-refractivity contribution in [2.45, 2.75) is 19.4 Å². The normalized spacial score (nSPS) is 14.8. The average Bonchev–Trinajstić information content (AvgIpc) is 2.82. The summed E-state index contributed by atoms with van der Waals surface area (Å²) < 4.78 is 5.92. The van der Waals surface area contributed by atoms with Crippen LogP contribution in [0.5, 0.6) is 5.75 Å². The van der Waals surface area contributed by atoms with E-state index in [-0.39, 0.29) is 0 Å². The van der Waals surface area contributed by atoms with Crippen molar-refractivity contribution in [3.05, 3.63) is 44.9 Å². The van der Waals surface area contributed by atoms with E-state index < -0.39 is 0 Å². The minimum absolute atomic E-state index is 0.487. The molecule has 3 rings (SSSR count). The van der Waals surface area contributed by atoms with E-state index >= 15 is 0 Å². The number of ether oxygens (including phenoxy) is 1. The standard InChI is InChI=1S/C14H15ClN2OS/c15-12-2-1-10-3-5-16-6-4-11(10)14(12)18-9-13-17-7-8-19-13/h1-2,7-8,16H,3-6,9H2. The second-order valence-corrected chi connectivity index (χ2v) is 5.87. The Balaban J connectivity index is 1.86. The molecule has 3 nitrogen and oxygen atoms in total. The Morgan fingerprint density at radius 3 is 3.05 bits per heavy atom. The van der Waals surface area contributed by atoms with E-state index in [4.69, 9.17) is 16.3 Å². The van der Waals surface area contributed by atoms with Gasteiger partial charge >= 0.3 is 0 Å². The minimum Gasteiger partial charge on any atom is -0.485 e. The number of hydrogen-bond donors (Lipinski definition) is 1. The van der Waals surface area contributed by atoms with Gasteiger partial charge in [-0.1, -0.05) is 17.7 Å². The van der Waals surface area contributed by atoms with Crippen LogP contribution in [0.1, 0.15) is 16.1 Å². The number of nitrogens with one attached hydrogen (secondary N) is 1. The van der Waals surface area contributed by atoms with Crippen molar-refractivity contribution in [2.24, 2.45) is 0 Å². The number of nitrogens with zero attached hydrogens (tertiary/aromatic N) is 1. The summed E-state index contributed by atoms with van der Waals surface area (Å²) in [5.74, 6) is 0.832. The zero-order valence-electron chi connectivity index (χ0n) is 10.5. The van der Waals surface area contributed by atoms with Crippen LogP contribution < -0.4 is 10.1 Å². The second-order valence-electron chi connectivity index (χ2n) is 4.48. The number of fused-ring (bicyclic) bond motifs is 1. The van der Waals surface area contributed by atoms with Crippen LogP contribution in [0, 0.1) is 0 Å². The van der Waals surface area contributed by atoms with E-state index in [2.05, 4.69) is 16.4 Å². The van der Waals surface area contributed by atoms with Crippen LogP contribution >= 0.6 is 22.9 Å². The van der Waals surface area contributed by atoms with Crippen molar-refractivity contribution >= 4 is 22.9 Å². The first-order valence-corrected chi connectivity index (χ1v) is 7.62. The molecule has 0 bridgehead atoms. The summed E-state index contributed by atoms with van der Waals surface area (Å²) in [5, 5.41) is 7.02. The topological polar surface area (TPSA) is 34.1 Å². The van der Waals surface area contributed by atoms with Gasteiger partial charge < -0.3 is 10.1 Å². The molecule has 1 N–H and O–H groups in total. The highest BCUT2D eigenvalue weighted by molar-refractivity contribution is 7.09. The van der Waals surface area contributed by atoms with Crippen LogP contribution in [0.2, 0.25) is 5.02 Å². The maximum absolute atomic E-state index is 6.29. The van der Waals surface area contributed by atoms with Gasteiger partial charge in [0.15, 0.2) is 0 Å². The zero-order valence-corrected chi connectivity index (χ0v) is 12.1. The molecule has 0 radical (unpaired) electrons. The van der Waals surface area contributed by atoms with Gasteiger partial charge in [0.05, 0.1) is 5.02 Å². The number of hydrogen-bond acceptors (Lipinski definition) is 4. The molecule has 100 valence electrons. The van der Waals surface area contributed by atoms with E-state index in [1.54, 1.807) is 17.5 Å². The molecule has 0 aliphatic carbocycles. The number of aromatic nitrogens is 1. The van der Waals surface area contributed by atoms with Crippen LogP contribution in [-0.4, -0.2) is 18.1 Å². The van der Waals surface area contributed by atoms with Gasteiger partial charge in [0.2, 0.25) is 0 Å².